The lowest BCUT2D eigenvalue weighted by molar-refractivity contribution is 0.523. The van der Waals surface area contributed by atoms with Gasteiger partial charge in [0.15, 0.2) is 5.11 Å². The van der Waals surface area contributed by atoms with Crippen molar-refractivity contribution in [2.75, 3.05) is 18.9 Å². The predicted octanol–water partition coefficient (Wildman–Crippen LogP) is 3.35. The second-order valence-electron chi connectivity index (χ2n) is 4.54. The minimum absolute atomic E-state index is 0.477. The summed E-state index contributed by atoms with van der Waals surface area (Å²) in [5.41, 5.74) is 2.29. The van der Waals surface area contributed by atoms with E-state index >= 15 is 0 Å². The lowest BCUT2D eigenvalue weighted by Gasteiger charge is -2.20. The van der Waals surface area contributed by atoms with E-state index in [0.29, 0.717) is 24.0 Å². The topological polar surface area (TPSA) is 39.1 Å². The van der Waals surface area contributed by atoms with E-state index in [9.17, 15) is 0 Å². The Balaban J connectivity index is 2.57. The zero-order valence-electron chi connectivity index (χ0n) is 11.1. The van der Waals surface area contributed by atoms with Crippen LogP contribution >= 0.6 is 12.2 Å². The van der Waals surface area contributed by atoms with Crippen LogP contribution in [0.15, 0.2) is 24.3 Å². The van der Waals surface area contributed by atoms with Crippen LogP contribution in [0.25, 0.3) is 0 Å². The summed E-state index contributed by atoms with van der Waals surface area (Å²) in [7, 11) is 1.88. The number of nitriles is 1. The van der Waals surface area contributed by atoms with Crippen LogP contribution in [0.2, 0.25) is 0 Å². The average molecular weight is 261 g/mol. The molecule has 0 aliphatic carbocycles. The Kier molecular flexibility index (Phi) is 5.60. The summed E-state index contributed by atoms with van der Waals surface area (Å²) in [6, 6.07) is 10.4. The number of nitrogens with zero attached hydrogens (tertiary/aromatic N) is 2. The Bertz CT molecular complexity index is 431. The lowest BCUT2D eigenvalue weighted by Crippen LogP contribution is -2.31. The minimum Gasteiger partial charge on any atom is -0.351 e. The average Bonchev–Trinajstić information content (AvgIpc) is 2.36. The smallest absolute Gasteiger partial charge is 0.173 e. The van der Waals surface area contributed by atoms with Crippen molar-refractivity contribution in [2.24, 2.45) is 0 Å². The summed E-state index contributed by atoms with van der Waals surface area (Å²) in [5.74, 6) is 0.532. The number of rotatable bonds is 4. The van der Waals surface area contributed by atoms with Gasteiger partial charge in [-0.25, -0.2) is 0 Å². The molecule has 0 spiro atoms. The van der Waals surface area contributed by atoms with Gasteiger partial charge in [-0.05, 0) is 35.8 Å². The van der Waals surface area contributed by atoms with Crippen molar-refractivity contribution in [3.63, 3.8) is 0 Å². The highest BCUT2D eigenvalue weighted by Gasteiger charge is 2.04. The molecule has 0 aromatic heterocycles. The third-order valence-electron chi connectivity index (χ3n) is 2.73. The van der Waals surface area contributed by atoms with Gasteiger partial charge in [0.2, 0.25) is 0 Å². The zero-order chi connectivity index (χ0) is 13.5. The van der Waals surface area contributed by atoms with Crippen molar-refractivity contribution in [1.29, 1.82) is 5.26 Å². The lowest BCUT2D eigenvalue weighted by atomic mass is 10.0. The van der Waals surface area contributed by atoms with E-state index in [1.165, 1.54) is 5.56 Å². The van der Waals surface area contributed by atoms with E-state index in [1.807, 2.05) is 24.1 Å². The van der Waals surface area contributed by atoms with Crippen LogP contribution in [-0.4, -0.2) is 23.6 Å². The molecule has 1 aromatic carbocycles. The molecule has 0 saturated heterocycles. The van der Waals surface area contributed by atoms with Crippen molar-refractivity contribution in [2.45, 2.75) is 26.2 Å². The maximum absolute atomic E-state index is 8.53. The van der Waals surface area contributed by atoms with Gasteiger partial charge in [0.1, 0.15) is 0 Å². The molecule has 0 radical (unpaired) electrons. The van der Waals surface area contributed by atoms with Crippen molar-refractivity contribution >= 4 is 23.0 Å². The van der Waals surface area contributed by atoms with E-state index in [1.54, 1.807) is 0 Å². The molecule has 0 unspecified atom stereocenters. The van der Waals surface area contributed by atoms with Crippen molar-refractivity contribution in [3.05, 3.63) is 29.8 Å². The Labute approximate surface area is 114 Å². The van der Waals surface area contributed by atoms with Crippen LogP contribution in [0.3, 0.4) is 0 Å². The first-order valence-electron chi connectivity index (χ1n) is 6.03. The number of thiocarbonyl (C=S) groups is 1. The van der Waals surface area contributed by atoms with Gasteiger partial charge < -0.3 is 10.2 Å². The van der Waals surface area contributed by atoms with E-state index in [0.717, 1.165) is 5.69 Å². The molecule has 4 heteroatoms. The van der Waals surface area contributed by atoms with Crippen LogP contribution in [0.5, 0.6) is 0 Å². The number of nitrogens with one attached hydrogen (secondary N) is 1. The highest BCUT2D eigenvalue weighted by atomic mass is 32.1. The Morgan fingerprint density at radius 3 is 2.50 bits per heavy atom. The van der Waals surface area contributed by atoms with Gasteiger partial charge in [0, 0.05) is 19.3 Å². The standard InChI is InChI=1S/C14H19N3S/c1-11(2)12-5-7-13(8-6-12)16-14(18)17(3)10-4-9-15/h5-8,11H,4,10H2,1-3H3,(H,16,18). The van der Waals surface area contributed by atoms with Crippen LogP contribution < -0.4 is 5.32 Å². The van der Waals surface area contributed by atoms with Crippen LogP contribution in [0.4, 0.5) is 5.69 Å². The van der Waals surface area contributed by atoms with Crippen LogP contribution in [-0.2, 0) is 0 Å². The van der Waals surface area contributed by atoms with Crippen LogP contribution in [0, 0.1) is 11.3 Å². The maximum Gasteiger partial charge on any atom is 0.173 e. The fourth-order valence-corrected chi connectivity index (χ4v) is 1.70. The molecule has 1 rings (SSSR count). The molecule has 0 aliphatic rings. The number of anilines is 1. The first-order valence-corrected chi connectivity index (χ1v) is 6.44. The van der Waals surface area contributed by atoms with Crippen molar-refractivity contribution < 1.29 is 0 Å². The second-order valence-corrected chi connectivity index (χ2v) is 4.92. The molecule has 0 aliphatic heterocycles. The molecule has 96 valence electrons. The number of benzene rings is 1. The SMILES string of the molecule is CC(C)c1ccc(NC(=S)N(C)CCC#N)cc1. The quantitative estimate of drug-likeness (QED) is 0.844. The summed E-state index contributed by atoms with van der Waals surface area (Å²) >= 11 is 5.26. The molecular formula is C14H19N3S. The first-order chi connectivity index (χ1) is 8.54. The van der Waals surface area contributed by atoms with Gasteiger partial charge in [-0.3, -0.25) is 0 Å². The fourth-order valence-electron chi connectivity index (χ4n) is 1.49. The summed E-state index contributed by atoms with van der Waals surface area (Å²) in [5, 5.41) is 12.3. The molecule has 0 fully saturated rings. The maximum atomic E-state index is 8.53. The molecule has 0 atom stereocenters. The van der Waals surface area contributed by atoms with Crippen molar-refractivity contribution in [3.8, 4) is 6.07 Å². The normalized spacial score (nSPS) is 9.94. The number of hydrogen-bond donors (Lipinski definition) is 1. The molecule has 3 nitrogen and oxygen atoms in total. The molecule has 1 N–H and O–H groups in total. The highest BCUT2D eigenvalue weighted by Crippen LogP contribution is 2.17. The molecule has 0 bridgehead atoms. The highest BCUT2D eigenvalue weighted by molar-refractivity contribution is 7.80. The summed E-state index contributed by atoms with van der Waals surface area (Å²) in [6.45, 7) is 4.98. The Morgan fingerprint density at radius 1 is 1.39 bits per heavy atom. The molecule has 18 heavy (non-hydrogen) atoms. The predicted molar refractivity (Wildman–Crippen MR) is 79.6 cm³/mol. The summed E-state index contributed by atoms with van der Waals surface area (Å²) in [6.07, 6.45) is 0.477. The second kappa shape index (κ2) is 6.97. The fraction of sp³-hybridized carbons (Fsp3) is 0.429. The number of hydrogen-bond acceptors (Lipinski definition) is 2. The molecule has 0 saturated carbocycles. The molecule has 1 aromatic rings. The van der Waals surface area contributed by atoms with E-state index < -0.39 is 0 Å². The van der Waals surface area contributed by atoms with Crippen molar-refractivity contribution in [1.82, 2.24) is 4.90 Å². The monoisotopic (exact) mass is 261 g/mol. The van der Waals surface area contributed by atoms with Gasteiger partial charge in [-0.1, -0.05) is 26.0 Å². The summed E-state index contributed by atoms with van der Waals surface area (Å²) < 4.78 is 0. The first kappa shape index (κ1) is 14.5. The Hall–Kier alpha value is -1.60. The van der Waals surface area contributed by atoms with Gasteiger partial charge >= 0.3 is 0 Å². The van der Waals surface area contributed by atoms with E-state index in [2.05, 4.69) is 37.4 Å². The van der Waals surface area contributed by atoms with Gasteiger partial charge in [0.05, 0.1) is 12.5 Å². The van der Waals surface area contributed by atoms with Gasteiger partial charge in [0.25, 0.3) is 0 Å². The Morgan fingerprint density at radius 2 is 2.00 bits per heavy atom. The largest absolute Gasteiger partial charge is 0.351 e. The minimum atomic E-state index is 0.477. The third kappa shape index (κ3) is 4.34. The van der Waals surface area contributed by atoms with Gasteiger partial charge in [-0.15, -0.1) is 0 Å². The van der Waals surface area contributed by atoms with Crippen LogP contribution in [0.1, 0.15) is 31.7 Å². The van der Waals surface area contributed by atoms with E-state index in [-0.39, 0.29) is 0 Å². The molecular weight excluding hydrogens is 242 g/mol. The molecule has 0 amide bonds. The van der Waals surface area contributed by atoms with E-state index in [4.69, 9.17) is 17.5 Å². The zero-order valence-corrected chi connectivity index (χ0v) is 11.9. The summed E-state index contributed by atoms with van der Waals surface area (Å²) in [4.78, 5) is 1.87. The third-order valence-corrected chi connectivity index (χ3v) is 3.15. The van der Waals surface area contributed by atoms with Gasteiger partial charge in [-0.2, -0.15) is 5.26 Å². The molecule has 0 heterocycles.